The van der Waals surface area contributed by atoms with E-state index in [1.165, 1.54) is 5.56 Å². The van der Waals surface area contributed by atoms with E-state index in [1.807, 2.05) is 54.9 Å². The summed E-state index contributed by atoms with van der Waals surface area (Å²) in [5.41, 5.74) is 1.92. The van der Waals surface area contributed by atoms with Gasteiger partial charge < -0.3 is 4.74 Å². The van der Waals surface area contributed by atoms with Gasteiger partial charge in [0.05, 0.1) is 12.2 Å². The Morgan fingerprint density at radius 3 is 2.27 bits per heavy atom. The molecular formula is C19H24NO2+. The van der Waals surface area contributed by atoms with Crippen molar-refractivity contribution in [3.8, 4) is 0 Å². The predicted octanol–water partition coefficient (Wildman–Crippen LogP) is 3.52. The molecule has 1 aromatic heterocycles. The molecule has 0 spiro atoms. The Hall–Kier alpha value is -2.16. The summed E-state index contributed by atoms with van der Waals surface area (Å²) in [4.78, 5) is 12.0. The van der Waals surface area contributed by atoms with Gasteiger partial charge in [0, 0.05) is 18.6 Å². The molecule has 0 amide bonds. The van der Waals surface area contributed by atoms with Crippen molar-refractivity contribution in [1.29, 1.82) is 0 Å². The maximum atomic E-state index is 12.0. The molecule has 1 aromatic carbocycles. The van der Waals surface area contributed by atoms with E-state index in [0.29, 0.717) is 12.2 Å². The van der Waals surface area contributed by atoms with Gasteiger partial charge >= 0.3 is 5.97 Å². The van der Waals surface area contributed by atoms with Crippen LogP contribution in [0.1, 0.15) is 43.1 Å². The van der Waals surface area contributed by atoms with Crippen molar-refractivity contribution in [1.82, 2.24) is 0 Å². The number of carbonyl (C=O) groups is 1. The highest BCUT2D eigenvalue weighted by Crippen LogP contribution is 2.22. The first-order chi connectivity index (χ1) is 10.5. The number of ether oxygens (including phenoxy) is 1. The standard InChI is InChI=1S/C19H24NO2/c1-19(2,3)17-10-8-16(9-11-17)18(21)22-15-7-14-20-12-5-4-6-13-20/h4-6,8-13H,7,14-15H2,1-3H3/q+1. The second-order valence-electron chi connectivity index (χ2n) is 6.43. The molecule has 3 nitrogen and oxygen atoms in total. The molecule has 0 aliphatic carbocycles. The largest absolute Gasteiger partial charge is 0.462 e. The number of esters is 1. The number of hydrogen-bond acceptors (Lipinski definition) is 2. The lowest BCUT2D eigenvalue weighted by molar-refractivity contribution is -0.697. The quantitative estimate of drug-likeness (QED) is 0.480. The number of rotatable bonds is 5. The molecule has 0 aliphatic heterocycles. The highest BCUT2D eigenvalue weighted by molar-refractivity contribution is 5.89. The number of aryl methyl sites for hydroxylation is 1. The average Bonchev–Trinajstić information content (AvgIpc) is 2.52. The van der Waals surface area contributed by atoms with Crippen LogP contribution in [-0.4, -0.2) is 12.6 Å². The molecular weight excluding hydrogens is 274 g/mol. The van der Waals surface area contributed by atoms with E-state index in [2.05, 4.69) is 25.3 Å². The van der Waals surface area contributed by atoms with Gasteiger partial charge in [-0.15, -0.1) is 0 Å². The maximum Gasteiger partial charge on any atom is 0.338 e. The van der Waals surface area contributed by atoms with Crippen molar-refractivity contribution in [2.75, 3.05) is 6.61 Å². The number of aromatic nitrogens is 1. The molecule has 0 N–H and O–H groups in total. The minimum atomic E-state index is -0.251. The van der Waals surface area contributed by atoms with E-state index in [4.69, 9.17) is 4.74 Å². The Morgan fingerprint density at radius 2 is 1.68 bits per heavy atom. The molecule has 1 heterocycles. The van der Waals surface area contributed by atoms with Gasteiger partial charge in [-0.2, -0.15) is 0 Å². The summed E-state index contributed by atoms with van der Waals surface area (Å²) in [6.45, 7) is 7.74. The third-order valence-electron chi connectivity index (χ3n) is 3.56. The van der Waals surface area contributed by atoms with E-state index >= 15 is 0 Å². The predicted molar refractivity (Wildman–Crippen MR) is 86.7 cm³/mol. The molecule has 0 unspecified atom stereocenters. The van der Waals surface area contributed by atoms with E-state index in [-0.39, 0.29) is 11.4 Å². The first kappa shape index (κ1) is 16.2. The topological polar surface area (TPSA) is 30.2 Å². The molecule has 0 aliphatic rings. The fraction of sp³-hybridized carbons (Fsp3) is 0.368. The van der Waals surface area contributed by atoms with Crippen molar-refractivity contribution in [2.45, 2.75) is 39.2 Å². The van der Waals surface area contributed by atoms with Gasteiger partial charge in [0.15, 0.2) is 18.9 Å². The van der Waals surface area contributed by atoms with Gasteiger partial charge in [-0.1, -0.05) is 39.0 Å². The third kappa shape index (κ3) is 4.69. The zero-order valence-electron chi connectivity index (χ0n) is 13.6. The van der Waals surface area contributed by atoms with Crippen molar-refractivity contribution < 1.29 is 14.1 Å². The lowest BCUT2D eigenvalue weighted by Gasteiger charge is -2.18. The lowest BCUT2D eigenvalue weighted by Crippen LogP contribution is -2.32. The Kier molecular flexibility index (Phi) is 5.31. The molecule has 0 fully saturated rings. The fourth-order valence-electron chi connectivity index (χ4n) is 2.19. The molecule has 0 saturated carbocycles. The van der Waals surface area contributed by atoms with E-state index < -0.39 is 0 Å². The third-order valence-corrected chi connectivity index (χ3v) is 3.56. The number of pyridine rings is 1. The molecule has 22 heavy (non-hydrogen) atoms. The summed E-state index contributed by atoms with van der Waals surface area (Å²) in [6, 6.07) is 13.6. The van der Waals surface area contributed by atoms with Crippen LogP contribution in [-0.2, 0) is 16.7 Å². The molecule has 0 radical (unpaired) electrons. The molecule has 116 valence electrons. The highest BCUT2D eigenvalue weighted by Gasteiger charge is 2.14. The van der Waals surface area contributed by atoms with Crippen molar-refractivity contribution in [3.63, 3.8) is 0 Å². The maximum absolute atomic E-state index is 12.0. The van der Waals surface area contributed by atoms with Gasteiger partial charge in [0.1, 0.15) is 0 Å². The van der Waals surface area contributed by atoms with Crippen molar-refractivity contribution in [2.24, 2.45) is 0 Å². The second-order valence-corrected chi connectivity index (χ2v) is 6.43. The van der Waals surface area contributed by atoms with Gasteiger partial charge in [-0.05, 0) is 23.1 Å². The Bertz CT molecular complexity index is 598. The summed E-state index contributed by atoms with van der Waals surface area (Å²) in [5, 5.41) is 0. The highest BCUT2D eigenvalue weighted by atomic mass is 16.5. The van der Waals surface area contributed by atoms with E-state index in [0.717, 1.165) is 13.0 Å². The Balaban J connectivity index is 1.80. The van der Waals surface area contributed by atoms with Crippen LogP contribution in [0.2, 0.25) is 0 Å². The van der Waals surface area contributed by atoms with Crippen LogP contribution in [0.4, 0.5) is 0 Å². The molecule has 0 atom stereocenters. The van der Waals surface area contributed by atoms with Gasteiger partial charge in [-0.3, -0.25) is 0 Å². The average molecular weight is 298 g/mol. The first-order valence-corrected chi connectivity index (χ1v) is 7.68. The normalized spacial score (nSPS) is 11.2. The minimum Gasteiger partial charge on any atom is -0.462 e. The van der Waals surface area contributed by atoms with E-state index in [9.17, 15) is 4.79 Å². The SMILES string of the molecule is CC(C)(C)c1ccc(C(=O)OCCC[n+]2ccccc2)cc1. The number of hydrogen-bond donors (Lipinski definition) is 0. The minimum absolute atomic E-state index is 0.0926. The molecule has 3 heteroatoms. The summed E-state index contributed by atoms with van der Waals surface area (Å²) < 4.78 is 7.40. The molecule has 2 aromatic rings. The van der Waals surface area contributed by atoms with Gasteiger partial charge in [0.2, 0.25) is 0 Å². The molecule has 0 bridgehead atoms. The smallest absolute Gasteiger partial charge is 0.338 e. The van der Waals surface area contributed by atoms with Crippen molar-refractivity contribution in [3.05, 3.63) is 66.0 Å². The molecule has 0 saturated heterocycles. The molecule has 2 rings (SSSR count). The lowest BCUT2D eigenvalue weighted by atomic mass is 9.87. The number of carbonyl (C=O) groups excluding carboxylic acids is 1. The van der Waals surface area contributed by atoms with Crippen LogP contribution in [0, 0.1) is 0 Å². The summed E-state index contributed by atoms with van der Waals surface area (Å²) in [5.74, 6) is -0.251. The van der Waals surface area contributed by atoms with Gasteiger partial charge in [0.25, 0.3) is 0 Å². The fourth-order valence-corrected chi connectivity index (χ4v) is 2.19. The summed E-state index contributed by atoms with van der Waals surface area (Å²) >= 11 is 0. The number of benzene rings is 1. The van der Waals surface area contributed by atoms with Gasteiger partial charge in [-0.25, -0.2) is 9.36 Å². The number of nitrogens with zero attached hydrogens (tertiary/aromatic N) is 1. The van der Waals surface area contributed by atoms with E-state index in [1.54, 1.807) is 0 Å². The van der Waals surface area contributed by atoms with Crippen LogP contribution in [0.3, 0.4) is 0 Å². The summed E-state index contributed by atoms with van der Waals surface area (Å²) in [6.07, 6.45) is 4.82. The Morgan fingerprint density at radius 1 is 1.05 bits per heavy atom. The van der Waals surface area contributed by atoms with Crippen LogP contribution >= 0.6 is 0 Å². The summed E-state index contributed by atoms with van der Waals surface area (Å²) in [7, 11) is 0. The zero-order chi connectivity index (χ0) is 16.0. The second kappa shape index (κ2) is 7.21. The van der Waals surface area contributed by atoms with Crippen LogP contribution in [0.5, 0.6) is 0 Å². The van der Waals surface area contributed by atoms with Crippen LogP contribution in [0.15, 0.2) is 54.9 Å². The first-order valence-electron chi connectivity index (χ1n) is 7.68. The zero-order valence-corrected chi connectivity index (χ0v) is 13.6. The van der Waals surface area contributed by atoms with Crippen molar-refractivity contribution >= 4 is 5.97 Å². The van der Waals surface area contributed by atoms with Crippen LogP contribution < -0.4 is 4.57 Å². The monoisotopic (exact) mass is 298 g/mol. The van der Waals surface area contributed by atoms with Crippen LogP contribution in [0.25, 0.3) is 0 Å². The Labute approximate surface area is 132 Å².